The maximum atomic E-state index is 11.8. The van der Waals surface area contributed by atoms with Crippen LogP contribution in [0.25, 0.3) is 0 Å². The van der Waals surface area contributed by atoms with Gasteiger partial charge in [0, 0.05) is 18.3 Å². The number of amides is 1. The third-order valence-electron chi connectivity index (χ3n) is 3.13. The van der Waals surface area contributed by atoms with Crippen LogP contribution in [0.4, 0.5) is 10.5 Å². The second kappa shape index (κ2) is 5.08. The minimum absolute atomic E-state index is 0.216. The largest absolute Gasteiger partial charge is 0.445 e. The molecule has 17 heavy (non-hydrogen) atoms. The highest BCUT2D eigenvalue weighted by Crippen LogP contribution is 2.18. The zero-order valence-electron chi connectivity index (χ0n) is 10.1. The van der Waals surface area contributed by atoms with Crippen molar-refractivity contribution in [3.8, 4) is 0 Å². The summed E-state index contributed by atoms with van der Waals surface area (Å²) in [5.74, 6) is 0. The SMILES string of the molecule is CC1CCCN1C(=O)OCc1ccc(N)cc1. The van der Waals surface area contributed by atoms with E-state index in [-0.39, 0.29) is 6.09 Å². The van der Waals surface area contributed by atoms with Gasteiger partial charge >= 0.3 is 6.09 Å². The topological polar surface area (TPSA) is 55.6 Å². The second-order valence-corrected chi connectivity index (χ2v) is 4.48. The van der Waals surface area contributed by atoms with Crippen molar-refractivity contribution in [2.75, 3.05) is 12.3 Å². The third-order valence-corrected chi connectivity index (χ3v) is 3.13. The molecule has 1 aromatic carbocycles. The summed E-state index contributed by atoms with van der Waals surface area (Å²) < 4.78 is 5.27. The average molecular weight is 234 g/mol. The van der Waals surface area contributed by atoms with Crippen LogP contribution in [0, 0.1) is 0 Å². The molecule has 4 nitrogen and oxygen atoms in total. The van der Waals surface area contributed by atoms with E-state index in [4.69, 9.17) is 10.5 Å². The summed E-state index contributed by atoms with van der Waals surface area (Å²) in [5, 5.41) is 0. The molecule has 1 amide bonds. The molecule has 1 saturated heterocycles. The normalized spacial score (nSPS) is 19.4. The van der Waals surface area contributed by atoms with Gasteiger partial charge in [0.2, 0.25) is 0 Å². The van der Waals surface area contributed by atoms with Crippen molar-refractivity contribution in [1.82, 2.24) is 4.90 Å². The summed E-state index contributed by atoms with van der Waals surface area (Å²) in [5.41, 5.74) is 7.26. The molecular formula is C13H18N2O2. The first kappa shape index (κ1) is 11.8. The monoisotopic (exact) mass is 234 g/mol. The Morgan fingerprint density at radius 2 is 2.18 bits per heavy atom. The van der Waals surface area contributed by atoms with E-state index in [9.17, 15) is 4.79 Å². The fraction of sp³-hybridized carbons (Fsp3) is 0.462. The van der Waals surface area contributed by atoms with E-state index in [1.54, 1.807) is 4.90 Å². The van der Waals surface area contributed by atoms with Crippen LogP contribution in [0.1, 0.15) is 25.3 Å². The fourth-order valence-corrected chi connectivity index (χ4v) is 2.05. The van der Waals surface area contributed by atoms with E-state index in [0.29, 0.717) is 18.3 Å². The van der Waals surface area contributed by atoms with Crippen molar-refractivity contribution >= 4 is 11.8 Å². The number of hydrogen-bond donors (Lipinski definition) is 1. The van der Waals surface area contributed by atoms with Gasteiger partial charge < -0.3 is 15.4 Å². The highest BCUT2D eigenvalue weighted by Gasteiger charge is 2.26. The van der Waals surface area contributed by atoms with Crippen molar-refractivity contribution < 1.29 is 9.53 Å². The Morgan fingerprint density at radius 3 is 2.76 bits per heavy atom. The highest BCUT2D eigenvalue weighted by atomic mass is 16.6. The number of likely N-dealkylation sites (tertiary alicyclic amines) is 1. The number of carbonyl (C=O) groups is 1. The van der Waals surface area contributed by atoms with Gasteiger partial charge in [0.25, 0.3) is 0 Å². The van der Waals surface area contributed by atoms with Gasteiger partial charge in [-0.2, -0.15) is 0 Å². The first-order valence-electron chi connectivity index (χ1n) is 5.94. The molecule has 1 aliphatic rings. The molecule has 0 saturated carbocycles. The maximum Gasteiger partial charge on any atom is 0.410 e. The molecule has 1 unspecified atom stereocenters. The summed E-state index contributed by atoms with van der Waals surface area (Å²) in [7, 11) is 0. The van der Waals surface area contributed by atoms with Crippen molar-refractivity contribution in [1.29, 1.82) is 0 Å². The van der Waals surface area contributed by atoms with Crippen LogP contribution in [0.15, 0.2) is 24.3 Å². The summed E-state index contributed by atoms with van der Waals surface area (Å²) in [6.07, 6.45) is 1.92. The minimum atomic E-state index is -0.216. The predicted octanol–water partition coefficient (Wildman–Crippen LogP) is 2.39. The summed E-state index contributed by atoms with van der Waals surface area (Å²) in [6.45, 7) is 3.17. The smallest absolute Gasteiger partial charge is 0.410 e. The molecule has 1 atom stereocenters. The highest BCUT2D eigenvalue weighted by molar-refractivity contribution is 5.68. The molecule has 92 valence electrons. The second-order valence-electron chi connectivity index (χ2n) is 4.48. The lowest BCUT2D eigenvalue weighted by Crippen LogP contribution is -2.33. The maximum absolute atomic E-state index is 11.8. The molecule has 1 fully saturated rings. The molecule has 2 N–H and O–H groups in total. The van der Waals surface area contributed by atoms with E-state index in [0.717, 1.165) is 24.9 Å². The third kappa shape index (κ3) is 2.90. The van der Waals surface area contributed by atoms with Crippen LogP contribution in [0.3, 0.4) is 0 Å². The molecule has 0 spiro atoms. The Balaban J connectivity index is 1.85. The molecule has 0 aliphatic carbocycles. The van der Waals surface area contributed by atoms with Crippen LogP contribution in [-0.2, 0) is 11.3 Å². The Morgan fingerprint density at radius 1 is 1.47 bits per heavy atom. The molecule has 0 aromatic heterocycles. The molecule has 2 rings (SSSR count). The summed E-state index contributed by atoms with van der Waals surface area (Å²) >= 11 is 0. The number of nitrogens with zero attached hydrogens (tertiary/aromatic N) is 1. The molecule has 0 bridgehead atoms. The van der Waals surface area contributed by atoms with E-state index >= 15 is 0 Å². The van der Waals surface area contributed by atoms with E-state index < -0.39 is 0 Å². The van der Waals surface area contributed by atoms with E-state index in [2.05, 4.69) is 6.92 Å². The number of ether oxygens (including phenoxy) is 1. The van der Waals surface area contributed by atoms with Gasteiger partial charge in [0.15, 0.2) is 0 Å². The van der Waals surface area contributed by atoms with Crippen molar-refractivity contribution in [2.45, 2.75) is 32.4 Å². The fourth-order valence-electron chi connectivity index (χ4n) is 2.05. The van der Waals surface area contributed by atoms with Crippen LogP contribution in [-0.4, -0.2) is 23.6 Å². The average Bonchev–Trinajstić information content (AvgIpc) is 2.74. The predicted molar refractivity (Wildman–Crippen MR) is 66.4 cm³/mol. The minimum Gasteiger partial charge on any atom is -0.445 e. The van der Waals surface area contributed by atoms with Gasteiger partial charge in [-0.25, -0.2) is 4.79 Å². The van der Waals surface area contributed by atoms with Crippen LogP contribution >= 0.6 is 0 Å². The lowest BCUT2D eigenvalue weighted by atomic mass is 10.2. The standard InChI is InChI=1S/C13H18N2O2/c1-10-3-2-8-15(10)13(16)17-9-11-4-6-12(14)7-5-11/h4-7,10H,2-3,8-9,14H2,1H3. The first-order valence-corrected chi connectivity index (χ1v) is 5.94. The zero-order chi connectivity index (χ0) is 12.3. The lowest BCUT2D eigenvalue weighted by Gasteiger charge is -2.20. The molecule has 1 aromatic rings. The summed E-state index contributed by atoms with van der Waals surface area (Å²) in [6, 6.07) is 7.66. The van der Waals surface area contributed by atoms with Crippen molar-refractivity contribution in [2.24, 2.45) is 0 Å². The number of carbonyl (C=O) groups excluding carboxylic acids is 1. The van der Waals surface area contributed by atoms with Crippen molar-refractivity contribution in [3.05, 3.63) is 29.8 Å². The Labute approximate surface area is 101 Å². The molecule has 1 aliphatic heterocycles. The number of nitrogens with two attached hydrogens (primary N) is 1. The first-order chi connectivity index (χ1) is 8.16. The molecule has 1 heterocycles. The number of rotatable bonds is 2. The van der Waals surface area contributed by atoms with Gasteiger partial charge in [-0.05, 0) is 37.5 Å². The number of hydrogen-bond acceptors (Lipinski definition) is 3. The van der Waals surface area contributed by atoms with Gasteiger partial charge in [0.1, 0.15) is 6.61 Å². The van der Waals surface area contributed by atoms with Gasteiger partial charge in [-0.3, -0.25) is 0 Å². The number of benzene rings is 1. The van der Waals surface area contributed by atoms with Crippen LogP contribution < -0.4 is 5.73 Å². The number of nitrogen functional groups attached to an aromatic ring is 1. The van der Waals surface area contributed by atoms with E-state index in [1.165, 1.54) is 0 Å². The molecule has 0 radical (unpaired) electrons. The quantitative estimate of drug-likeness (QED) is 0.799. The summed E-state index contributed by atoms with van der Waals surface area (Å²) in [4.78, 5) is 13.6. The molecule has 4 heteroatoms. The molecular weight excluding hydrogens is 216 g/mol. The van der Waals surface area contributed by atoms with Gasteiger partial charge in [0.05, 0.1) is 0 Å². The van der Waals surface area contributed by atoms with E-state index in [1.807, 2.05) is 24.3 Å². The van der Waals surface area contributed by atoms with Gasteiger partial charge in [-0.15, -0.1) is 0 Å². The number of anilines is 1. The lowest BCUT2D eigenvalue weighted by molar-refractivity contribution is 0.0945. The van der Waals surface area contributed by atoms with Crippen LogP contribution in [0.2, 0.25) is 0 Å². The van der Waals surface area contributed by atoms with Crippen LogP contribution in [0.5, 0.6) is 0 Å². The van der Waals surface area contributed by atoms with Gasteiger partial charge in [-0.1, -0.05) is 12.1 Å². The zero-order valence-corrected chi connectivity index (χ0v) is 10.1. The Kier molecular flexibility index (Phi) is 3.52. The van der Waals surface area contributed by atoms with Crippen molar-refractivity contribution in [3.63, 3.8) is 0 Å². The Hall–Kier alpha value is -1.71. The Bertz CT molecular complexity index is 389.